The molecule has 1 heterocycles. The molecule has 2 unspecified atom stereocenters. The van der Waals surface area contributed by atoms with Crippen LogP contribution in [-0.4, -0.2) is 12.6 Å². The summed E-state index contributed by atoms with van der Waals surface area (Å²) in [5, 5.41) is 3.67. The summed E-state index contributed by atoms with van der Waals surface area (Å²) in [6, 6.07) is 11.6. The van der Waals surface area contributed by atoms with Crippen LogP contribution in [0.25, 0.3) is 0 Å². The normalized spacial score (nSPS) is 25.1. The summed E-state index contributed by atoms with van der Waals surface area (Å²) in [6.45, 7) is 5.89. The standard InChI is InChI=1S/C16H25N/c1-13(2)10-15-8-9-17-16(12-15)11-14-6-4-3-5-7-14/h3-7,13,15-17H,8-12H2,1-2H3. The maximum absolute atomic E-state index is 3.67. The van der Waals surface area contributed by atoms with Gasteiger partial charge in [-0.2, -0.15) is 0 Å². The van der Waals surface area contributed by atoms with E-state index < -0.39 is 0 Å². The highest BCUT2D eigenvalue weighted by Crippen LogP contribution is 2.25. The van der Waals surface area contributed by atoms with Gasteiger partial charge in [0.25, 0.3) is 0 Å². The van der Waals surface area contributed by atoms with Gasteiger partial charge in [0, 0.05) is 6.04 Å². The molecule has 1 aliphatic rings. The highest BCUT2D eigenvalue weighted by molar-refractivity contribution is 5.16. The Hall–Kier alpha value is -0.820. The van der Waals surface area contributed by atoms with Gasteiger partial charge in [0.1, 0.15) is 0 Å². The van der Waals surface area contributed by atoms with Crippen molar-refractivity contribution in [3.63, 3.8) is 0 Å². The summed E-state index contributed by atoms with van der Waals surface area (Å²) < 4.78 is 0. The van der Waals surface area contributed by atoms with Gasteiger partial charge in [0.15, 0.2) is 0 Å². The maximum atomic E-state index is 3.67. The Morgan fingerprint density at radius 3 is 2.71 bits per heavy atom. The topological polar surface area (TPSA) is 12.0 Å². The smallest absolute Gasteiger partial charge is 0.0110 e. The monoisotopic (exact) mass is 231 g/mol. The lowest BCUT2D eigenvalue weighted by atomic mass is 9.84. The second-order valence-electron chi connectivity index (χ2n) is 5.86. The molecule has 0 aliphatic carbocycles. The van der Waals surface area contributed by atoms with Crippen molar-refractivity contribution >= 4 is 0 Å². The molecule has 1 heteroatoms. The molecule has 1 aromatic rings. The zero-order valence-corrected chi connectivity index (χ0v) is 11.2. The fraction of sp³-hybridized carbons (Fsp3) is 0.625. The van der Waals surface area contributed by atoms with Crippen molar-refractivity contribution in [1.29, 1.82) is 0 Å². The summed E-state index contributed by atoms with van der Waals surface area (Å²) in [5.74, 6) is 1.78. The molecule has 2 atom stereocenters. The zero-order chi connectivity index (χ0) is 12.1. The Morgan fingerprint density at radius 2 is 2.00 bits per heavy atom. The van der Waals surface area contributed by atoms with E-state index >= 15 is 0 Å². The van der Waals surface area contributed by atoms with Crippen LogP contribution in [0.15, 0.2) is 30.3 Å². The van der Waals surface area contributed by atoms with Crippen LogP contribution in [0, 0.1) is 11.8 Å². The lowest BCUT2D eigenvalue weighted by Crippen LogP contribution is -2.39. The van der Waals surface area contributed by atoms with E-state index in [-0.39, 0.29) is 0 Å². The van der Waals surface area contributed by atoms with Crippen molar-refractivity contribution in [2.24, 2.45) is 11.8 Å². The number of piperidine rings is 1. The molecule has 1 saturated heterocycles. The molecule has 0 radical (unpaired) electrons. The molecule has 17 heavy (non-hydrogen) atoms. The molecular formula is C16H25N. The first-order chi connectivity index (χ1) is 8.24. The Bertz CT molecular complexity index is 318. The number of benzene rings is 1. The van der Waals surface area contributed by atoms with E-state index in [1.807, 2.05) is 0 Å². The second-order valence-corrected chi connectivity index (χ2v) is 5.86. The highest BCUT2D eigenvalue weighted by atomic mass is 14.9. The molecule has 0 saturated carbocycles. The van der Waals surface area contributed by atoms with Crippen LogP contribution in [0.2, 0.25) is 0 Å². The highest BCUT2D eigenvalue weighted by Gasteiger charge is 2.21. The predicted octanol–water partition coefficient (Wildman–Crippen LogP) is 3.64. The predicted molar refractivity (Wildman–Crippen MR) is 74.1 cm³/mol. The molecule has 0 aromatic heterocycles. The Balaban J connectivity index is 1.85. The number of hydrogen-bond donors (Lipinski definition) is 1. The quantitative estimate of drug-likeness (QED) is 0.834. The van der Waals surface area contributed by atoms with Gasteiger partial charge in [0.2, 0.25) is 0 Å². The van der Waals surface area contributed by atoms with E-state index in [2.05, 4.69) is 49.5 Å². The molecule has 1 nitrogen and oxygen atoms in total. The van der Waals surface area contributed by atoms with Gasteiger partial charge in [-0.05, 0) is 49.6 Å². The first-order valence-electron chi connectivity index (χ1n) is 7.01. The SMILES string of the molecule is CC(C)CC1CCNC(Cc2ccccc2)C1. The van der Waals surface area contributed by atoms with E-state index in [9.17, 15) is 0 Å². The first-order valence-corrected chi connectivity index (χ1v) is 7.01. The van der Waals surface area contributed by atoms with Crippen LogP contribution in [-0.2, 0) is 6.42 Å². The van der Waals surface area contributed by atoms with Crippen molar-refractivity contribution in [1.82, 2.24) is 5.32 Å². The van der Waals surface area contributed by atoms with Crippen LogP contribution in [0.1, 0.15) is 38.7 Å². The van der Waals surface area contributed by atoms with Crippen LogP contribution in [0.4, 0.5) is 0 Å². The summed E-state index contributed by atoms with van der Waals surface area (Å²) in [6.07, 6.45) is 5.30. The minimum Gasteiger partial charge on any atom is -0.314 e. The van der Waals surface area contributed by atoms with Gasteiger partial charge >= 0.3 is 0 Å². The Labute approximate surface area is 106 Å². The number of nitrogens with one attached hydrogen (secondary N) is 1. The minimum absolute atomic E-state index is 0.690. The average molecular weight is 231 g/mol. The van der Waals surface area contributed by atoms with Crippen molar-refractivity contribution in [3.05, 3.63) is 35.9 Å². The Morgan fingerprint density at radius 1 is 1.24 bits per heavy atom. The zero-order valence-electron chi connectivity index (χ0n) is 11.2. The van der Waals surface area contributed by atoms with Crippen LogP contribution >= 0.6 is 0 Å². The van der Waals surface area contributed by atoms with Gasteiger partial charge in [-0.3, -0.25) is 0 Å². The summed E-state index contributed by atoms with van der Waals surface area (Å²) in [5.41, 5.74) is 1.47. The third kappa shape index (κ3) is 4.16. The van der Waals surface area contributed by atoms with Gasteiger partial charge in [-0.15, -0.1) is 0 Å². The van der Waals surface area contributed by atoms with Crippen molar-refractivity contribution in [2.75, 3.05) is 6.54 Å². The molecular weight excluding hydrogens is 206 g/mol. The fourth-order valence-corrected chi connectivity index (χ4v) is 3.03. The summed E-state index contributed by atoms with van der Waals surface area (Å²) in [7, 11) is 0. The first kappa shape index (κ1) is 12.6. The molecule has 94 valence electrons. The van der Waals surface area contributed by atoms with E-state index in [1.54, 1.807) is 0 Å². The van der Waals surface area contributed by atoms with E-state index in [0.717, 1.165) is 11.8 Å². The fourth-order valence-electron chi connectivity index (χ4n) is 3.03. The average Bonchev–Trinajstić information content (AvgIpc) is 2.30. The molecule has 1 aliphatic heterocycles. The maximum Gasteiger partial charge on any atom is 0.0110 e. The number of rotatable bonds is 4. The molecule has 0 bridgehead atoms. The minimum atomic E-state index is 0.690. The van der Waals surface area contributed by atoms with Crippen molar-refractivity contribution < 1.29 is 0 Å². The third-order valence-electron chi connectivity index (χ3n) is 3.73. The molecule has 0 spiro atoms. The van der Waals surface area contributed by atoms with Crippen molar-refractivity contribution in [2.45, 2.75) is 45.6 Å². The molecule has 2 rings (SSSR count). The largest absolute Gasteiger partial charge is 0.314 e. The lowest BCUT2D eigenvalue weighted by Gasteiger charge is -2.31. The summed E-state index contributed by atoms with van der Waals surface area (Å²) in [4.78, 5) is 0. The molecule has 1 aromatic carbocycles. The van der Waals surface area contributed by atoms with Crippen LogP contribution in [0.5, 0.6) is 0 Å². The van der Waals surface area contributed by atoms with Crippen molar-refractivity contribution in [3.8, 4) is 0 Å². The van der Waals surface area contributed by atoms with Gasteiger partial charge in [0.05, 0.1) is 0 Å². The van der Waals surface area contributed by atoms with Crippen LogP contribution < -0.4 is 5.32 Å². The van der Waals surface area contributed by atoms with Gasteiger partial charge < -0.3 is 5.32 Å². The van der Waals surface area contributed by atoms with E-state index in [0.29, 0.717) is 6.04 Å². The molecule has 0 amide bonds. The Kier molecular flexibility index (Phi) is 4.61. The molecule has 1 N–H and O–H groups in total. The van der Waals surface area contributed by atoms with Crippen LogP contribution in [0.3, 0.4) is 0 Å². The van der Waals surface area contributed by atoms with E-state index in [1.165, 1.54) is 37.8 Å². The second kappa shape index (κ2) is 6.20. The summed E-state index contributed by atoms with van der Waals surface area (Å²) >= 11 is 0. The van der Waals surface area contributed by atoms with E-state index in [4.69, 9.17) is 0 Å². The lowest BCUT2D eigenvalue weighted by molar-refractivity contribution is 0.264. The third-order valence-corrected chi connectivity index (χ3v) is 3.73. The molecule has 1 fully saturated rings. The number of hydrogen-bond acceptors (Lipinski definition) is 1. The van der Waals surface area contributed by atoms with Gasteiger partial charge in [-0.1, -0.05) is 44.2 Å². The van der Waals surface area contributed by atoms with Gasteiger partial charge in [-0.25, -0.2) is 0 Å².